The Labute approximate surface area is 107 Å². The summed E-state index contributed by atoms with van der Waals surface area (Å²) in [6.45, 7) is 6.57. The maximum absolute atomic E-state index is 12.9. The second-order valence-electron chi connectivity index (χ2n) is 4.95. The number of Topliss-reactive ketones (excluding diaryl/α,β-unsaturated/α-hetero) is 1. The minimum absolute atomic E-state index is 0.0586. The van der Waals surface area contributed by atoms with E-state index in [2.05, 4.69) is 0 Å². The van der Waals surface area contributed by atoms with Crippen LogP contribution >= 0.6 is 0 Å². The minimum Gasteiger partial charge on any atom is -0.373 e. The molecule has 0 heterocycles. The largest absolute Gasteiger partial charge is 0.373 e. The van der Waals surface area contributed by atoms with Crippen LogP contribution in [0.2, 0.25) is 0 Å². The highest BCUT2D eigenvalue weighted by Gasteiger charge is 2.10. The highest BCUT2D eigenvalue weighted by atomic mass is 19.1. The number of benzene rings is 1. The molecule has 0 amide bonds. The molecule has 18 heavy (non-hydrogen) atoms. The Balaban J connectivity index is 2.26. The quantitative estimate of drug-likeness (QED) is 0.578. The number of hydrogen-bond donors (Lipinski definition) is 0. The van der Waals surface area contributed by atoms with Crippen LogP contribution in [0.5, 0.6) is 0 Å². The molecule has 100 valence electrons. The average Bonchev–Trinajstić information content (AvgIpc) is 2.26. The van der Waals surface area contributed by atoms with E-state index in [4.69, 9.17) is 9.47 Å². The second kappa shape index (κ2) is 6.61. The van der Waals surface area contributed by atoms with Crippen LogP contribution in [0.15, 0.2) is 24.3 Å². The van der Waals surface area contributed by atoms with Crippen LogP contribution in [0.4, 0.5) is 4.39 Å². The first-order valence-electron chi connectivity index (χ1n) is 5.89. The molecule has 0 fully saturated rings. The SMILES string of the molecule is CC(C)(C)OCCOCC(=O)c1cccc(F)c1. The third-order valence-electron chi connectivity index (χ3n) is 2.14. The van der Waals surface area contributed by atoms with Crippen molar-refractivity contribution >= 4 is 5.78 Å². The van der Waals surface area contributed by atoms with Crippen LogP contribution < -0.4 is 0 Å². The lowest BCUT2D eigenvalue weighted by atomic mass is 10.1. The zero-order valence-corrected chi connectivity index (χ0v) is 11.0. The number of rotatable bonds is 6. The van der Waals surface area contributed by atoms with Crippen molar-refractivity contribution in [3.05, 3.63) is 35.6 Å². The molecule has 0 atom stereocenters. The van der Waals surface area contributed by atoms with E-state index >= 15 is 0 Å². The van der Waals surface area contributed by atoms with Gasteiger partial charge >= 0.3 is 0 Å². The molecule has 0 N–H and O–H groups in total. The summed E-state index contributed by atoms with van der Waals surface area (Å²) in [5.74, 6) is -0.651. The summed E-state index contributed by atoms with van der Waals surface area (Å²) in [4.78, 5) is 11.6. The first kappa shape index (κ1) is 14.8. The topological polar surface area (TPSA) is 35.5 Å². The molecule has 0 aliphatic carbocycles. The van der Waals surface area contributed by atoms with E-state index in [9.17, 15) is 9.18 Å². The number of hydrogen-bond acceptors (Lipinski definition) is 3. The van der Waals surface area contributed by atoms with E-state index in [1.165, 1.54) is 18.2 Å². The van der Waals surface area contributed by atoms with Gasteiger partial charge in [0, 0.05) is 5.56 Å². The minimum atomic E-state index is -0.420. The third kappa shape index (κ3) is 5.89. The molecule has 1 aromatic carbocycles. The summed E-state index contributed by atoms with van der Waals surface area (Å²) in [5.41, 5.74) is 0.113. The van der Waals surface area contributed by atoms with Crippen molar-refractivity contribution in [2.45, 2.75) is 26.4 Å². The molecule has 0 radical (unpaired) electrons. The third-order valence-corrected chi connectivity index (χ3v) is 2.14. The molecular weight excluding hydrogens is 235 g/mol. The standard InChI is InChI=1S/C14H19FO3/c1-14(2,3)18-8-7-17-10-13(16)11-5-4-6-12(15)9-11/h4-6,9H,7-8,10H2,1-3H3. The monoisotopic (exact) mass is 254 g/mol. The van der Waals surface area contributed by atoms with Gasteiger partial charge in [-0.2, -0.15) is 0 Å². The van der Waals surface area contributed by atoms with Gasteiger partial charge in [-0.1, -0.05) is 12.1 Å². The van der Waals surface area contributed by atoms with Gasteiger partial charge in [0.15, 0.2) is 5.78 Å². The van der Waals surface area contributed by atoms with Gasteiger partial charge in [0.25, 0.3) is 0 Å². The number of carbonyl (C=O) groups excluding carboxylic acids is 1. The van der Waals surface area contributed by atoms with Gasteiger partial charge in [-0.15, -0.1) is 0 Å². The fraction of sp³-hybridized carbons (Fsp3) is 0.500. The van der Waals surface area contributed by atoms with Crippen molar-refractivity contribution in [3.8, 4) is 0 Å². The van der Waals surface area contributed by atoms with Crippen molar-refractivity contribution in [1.29, 1.82) is 0 Å². The van der Waals surface area contributed by atoms with Crippen LogP contribution in [-0.2, 0) is 9.47 Å². The van der Waals surface area contributed by atoms with Crippen LogP contribution in [-0.4, -0.2) is 31.2 Å². The number of ketones is 1. The number of halogens is 1. The molecule has 0 unspecified atom stereocenters. The summed E-state index contributed by atoms with van der Waals surface area (Å²) in [6, 6.07) is 5.58. The van der Waals surface area contributed by atoms with E-state index in [1.807, 2.05) is 20.8 Å². The molecule has 0 saturated carbocycles. The van der Waals surface area contributed by atoms with Crippen LogP contribution in [0.25, 0.3) is 0 Å². The van der Waals surface area contributed by atoms with Gasteiger partial charge in [0.05, 0.1) is 18.8 Å². The van der Waals surface area contributed by atoms with Crippen molar-refractivity contribution in [2.75, 3.05) is 19.8 Å². The Kier molecular flexibility index (Phi) is 5.44. The molecule has 4 heteroatoms. The van der Waals surface area contributed by atoms with E-state index in [1.54, 1.807) is 6.07 Å². The van der Waals surface area contributed by atoms with Gasteiger partial charge < -0.3 is 9.47 Å². The molecule has 0 saturated heterocycles. The normalized spacial score (nSPS) is 11.6. The molecule has 1 rings (SSSR count). The molecule has 0 aliphatic rings. The van der Waals surface area contributed by atoms with E-state index in [0.717, 1.165) is 0 Å². The second-order valence-corrected chi connectivity index (χ2v) is 4.95. The predicted molar refractivity (Wildman–Crippen MR) is 67.3 cm³/mol. The first-order valence-corrected chi connectivity index (χ1v) is 5.89. The van der Waals surface area contributed by atoms with Gasteiger partial charge in [0.2, 0.25) is 0 Å². The Morgan fingerprint density at radius 1 is 1.28 bits per heavy atom. The van der Waals surface area contributed by atoms with Gasteiger partial charge in [0.1, 0.15) is 12.4 Å². The molecule has 0 bridgehead atoms. The van der Waals surface area contributed by atoms with Gasteiger partial charge in [-0.3, -0.25) is 4.79 Å². The molecular formula is C14H19FO3. The van der Waals surface area contributed by atoms with Crippen molar-refractivity contribution < 1.29 is 18.7 Å². The van der Waals surface area contributed by atoms with E-state index in [0.29, 0.717) is 18.8 Å². The maximum Gasteiger partial charge on any atom is 0.188 e. The van der Waals surface area contributed by atoms with Crippen molar-refractivity contribution in [3.63, 3.8) is 0 Å². The number of ether oxygens (including phenoxy) is 2. The van der Waals surface area contributed by atoms with Crippen molar-refractivity contribution in [2.24, 2.45) is 0 Å². The van der Waals surface area contributed by atoms with E-state index in [-0.39, 0.29) is 18.0 Å². The van der Waals surface area contributed by atoms with E-state index < -0.39 is 5.82 Å². The summed E-state index contributed by atoms with van der Waals surface area (Å²) < 4.78 is 23.5. The molecule has 0 aliphatic heterocycles. The lowest BCUT2D eigenvalue weighted by Gasteiger charge is -2.19. The van der Waals surface area contributed by atoms with Gasteiger partial charge in [-0.25, -0.2) is 4.39 Å². The molecule has 0 spiro atoms. The fourth-order valence-electron chi connectivity index (χ4n) is 1.32. The smallest absolute Gasteiger partial charge is 0.188 e. The lowest BCUT2D eigenvalue weighted by Crippen LogP contribution is -2.22. The first-order chi connectivity index (χ1) is 8.38. The van der Waals surface area contributed by atoms with Crippen LogP contribution in [0.3, 0.4) is 0 Å². The van der Waals surface area contributed by atoms with Crippen molar-refractivity contribution in [1.82, 2.24) is 0 Å². The fourth-order valence-corrected chi connectivity index (χ4v) is 1.32. The maximum atomic E-state index is 12.9. The average molecular weight is 254 g/mol. The summed E-state index contributed by atoms with van der Waals surface area (Å²) in [5, 5.41) is 0. The van der Waals surface area contributed by atoms with Gasteiger partial charge in [-0.05, 0) is 32.9 Å². The van der Waals surface area contributed by atoms with Crippen LogP contribution in [0, 0.1) is 5.82 Å². The Hall–Kier alpha value is -1.26. The Morgan fingerprint density at radius 3 is 2.61 bits per heavy atom. The Bertz CT molecular complexity index is 396. The highest BCUT2D eigenvalue weighted by molar-refractivity contribution is 5.97. The summed E-state index contributed by atoms with van der Waals surface area (Å²) in [7, 11) is 0. The molecule has 3 nitrogen and oxygen atoms in total. The summed E-state index contributed by atoms with van der Waals surface area (Å²) >= 11 is 0. The predicted octanol–water partition coefficient (Wildman–Crippen LogP) is 2.84. The molecule has 0 aromatic heterocycles. The number of carbonyl (C=O) groups is 1. The molecule has 1 aromatic rings. The lowest BCUT2D eigenvalue weighted by molar-refractivity contribution is -0.0324. The highest BCUT2D eigenvalue weighted by Crippen LogP contribution is 2.06. The zero-order valence-electron chi connectivity index (χ0n) is 11.0. The van der Waals surface area contributed by atoms with Crippen LogP contribution in [0.1, 0.15) is 31.1 Å². The summed E-state index contributed by atoms with van der Waals surface area (Å²) in [6.07, 6.45) is 0. The Morgan fingerprint density at radius 2 is 2.00 bits per heavy atom. The zero-order chi connectivity index (χ0) is 13.6.